The van der Waals surface area contributed by atoms with E-state index in [1.165, 1.54) is 12.1 Å². The van der Waals surface area contributed by atoms with Crippen molar-refractivity contribution in [2.24, 2.45) is 5.73 Å². The van der Waals surface area contributed by atoms with Gasteiger partial charge in [-0.25, -0.2) is 0 Å². The Kier molecular flexibility index (Phi) is 5.50. The highest BCUT2D eigenvalue weighted by Crippen LogP contribution is 2.25. The summed E-state index contributed by atoms with van der Waals surface area (Å²) in [6, 6.07) is 4.26. The van der Waals surface area contributed by atoms with Crippen LogP contribution in [0.3, 0.4) is 0 Å². The first-order valence-corrected chi connectivity index (χ1v) is 4.24. The average Bonchev–Trinajstić information content (AvgIpc) is 2.22. The molecule has 0 heterocycles. The van der Waals surface area contributed by atoms with Crippen LogP contribution in [0.1, 0.15) is 5.56 Å². The summed E-state index contributed by atoms with van der Waals surface area (Å²) in [6.45, 7) is 1.45. The Labute approximate surface area is 91.3 Å². The molecule has 4 N–H and O–H groups in total. The standard InChI is InChI=1S/C7H7NO3.C2H5NO2/c1-5-2-3-7(9)6(4-5)8(10)11;3-1-2(4)5/h2-4,9H,1H3;1,3H2,(H,4,5). The van der Waals surface area contributed by atoms with Crippen LogP contribution in [-0.2, 0) is 4.79 Å². The highest BCUT2D eigenvalue weighted by atomic mass is 16.6. The Bertz CT molecular complexity index is 391. The smallest absolute Gasteiger partial charge is 0.317 e. The first-order valence-electron chi connectivity index (χ1n) is 4.24. The molecule has 7 nitrogen and oxygen atoms in total. The Morgan fingerprint density at radius 2 is 2.06 bits per heavy atom. The number of rotatable bonds is 2. The largest absolute Gasteiger partial charge is 0.502 e. The summed E-state index contributed by atoms with van der Waals surface area (Å²) in [4.78, 5) is 18.9. The van der Waals surface area contributed by atoms with Crippen LogP contribution in [0.25, 0.3) is 0 Å². The molecule has 0 saturated heterocycles. The summed E-state index contributed by atoms with van der Waals surface area (Å²) in [5.41, 5.74) is 5.09. The second kappa shape index (κ2) is 6.36. The molecule has 88 valence electrons. The van der Waals surface area contributed by atoms with E-state index in [4.69, 9.17) is 10.2 Å². The highest BCUT2D eigenvalue weighted by Gasteiger charge is 2.11. The van der Waals surface area contributed by atoms with Gasteiger partial charge in [-0.3, -0.25) is 14.9 Å². The van der Waals surface area contributed by atoms with Gasteiger partial charge >= 0.3 is 11.7 Å². The number of nitrogens with zero attached hydrogens (tertiary/aromatic N) is 1. The molecule has 0 amide bonds. The van der Waals surface area contributed by atoms with Crippen LogP contribution < -0.4 is 5.73 Å². The summed E-state index contributed by atoms with van der Waals surface area (Å²) in [5.74, 6) is -1.26. The summed E-state index contributed by atoms with van der Waals surface area (Å²) in [6.07, 6.45) is 0. The fourth-order valence-electron chi connectivity index (χ4n) is 0.780. The number of aliphatic carboxylic acids is 1. The number of carboxylic acid groups (broad SMARTS) is 1. The predicted octanol–water partition coefficient (Wildman–Crippen LogP) is 0.639. The summed E-state index contributed by atoms with van der Waals surface area (Å²) < 4.78 is 0. The van der Waals surface area contributed by atoms with Crippen molar-refractivity contribution in [3.63, 3.8) is 0 Å². The Hall–Kier alpha value is -2.15. The lowest BCUT2D eigenvalue weighted by Crippen LogP contribution is -2.10. The number of carbonyl (C=O) groups is 1. The van der Waals surface area contributed by atoms with Crippen LogP contribution in [0.15, 0.2) is 18.2 Å². The van der Waals surface area contributed by atoms with Gasteiger partial charge in [0.15, 0.2) is 5.75 Å². The summed E-state index contributed by atoms with van der Waals surface area (Å²) in [7, 11) is 0. The van der Waals surface area contributed by atoms with Crippen LogP contribution >= 0.6 is 0 Å². The summed E-state index contributed by atoms with van der Waals surface area (Å²) in [5, 5.41) is 26.8. The minimum absolute atomic E-state index is 0.245. The van der Waals surface area contributed by atoms with Gasteiger partial charge in [-0.2, -0.15) is 0 Å². The fourth-order valence-corrected chi connectivity index (χ4v) is 0.780. The quantitative estimate of drug-likeness (QED) is 0.503. The Balaban J connectivity index is 0.000000385. The van der Waals surface area contributed by atoms with E-state index in [1.54, 1.807) is 13.0 Å². The molecule has 0 radical (unpaired) electrons. The number of phenolic OH excluding ortho intramolecular Hbond substituents is 1. The van der Waals surface area contributed by atoms with E-state index in [2.05, 4.69) is 5.73 Å². The van der Waals surface area contributed by atoms with Gasteiger partial charge in [0.1, 0.15) is 0 Å². The van der Waals surface area contributed by atoms with Crippen molar-refractivity contribution in [2.75, 3.05) is 6.54 Å². The van der Waals surface area contributed by atoms with Crippen molar-refractivity contribution in [3.05, 3.63) is 33.9 Å². The van der Waals surface area contributed by atoms with Crippen LogP contribution in [0, 0.1) is 17.0 Å². The molecule has 0 aliphatic rings. The van der Waals surface area contributed by atoms with Gasteiger partial charge in [0.25, 0.3) is 0 Å². The zero-order valence-electron chi connectivity index (χ0n) is 8.58. The molecule has 1 aromatic carbocycles. The lowest BCUT2D eigenvalue weighted by Gasteiger charge is -1.95. The van der Waals surface area contributed by atoms with Crippen molar-refractivity contribution in [1.82, 2.24) is 0 Å². The number of benzene rings is 1. The Morgan fingerprint density at radius 3 is 2.38 bits per heavy atom. The number of carboxylic acids is 1. The molecule has 0 bridgehead atoms. The maximum Gasteiger partial charge on any atom is 0.317 e. The van der Waals surface area contributed by atoms with Crippen LogP contribution in [0.5, 0.6) is 5.75 Å². The molecule has 0 saturated carbocycles. The number of nitrogens with two attached hydrogens (primary N) is 1. The molecule has 1 rings (SSSR count). The maximum atomic E-state index is 10.2. The highest BCUT2D eigenvalue weighted by molar-refractivity contribution is 5.68. The van der Waals surface area contributed by atoms with Gasteiger partial charge in [-0.05, 0) is 18.6 Å². The normalized spacial score (nSPS) is 8.88. The number of hydrogen-bond acceptors (Lipinski definition) is 5. The predicted molar refractivity (Wildman–Crippen MR) is 56.2 cm³/mol. The van der Waals surface area contributed by atoms with E-state index in [1.807, 2.05) is 0 Å². The van der Waals surface area contributed by atoms with Crippen molar-refractivity contribution in [2.45, 2.75) is 6.92 Å². The third-order valence-corrected chi connectivity index (χ3v) is 1.50. The number of phenols is 1. The lowest BCUT2D eigenvalue weighted by atomic mass is 10.2. The lowest BCUT2D eigenvalue weighted by molar-refractivity contribution is -0.385. The molecule has 7 heteroatoms. The fraction of sp³-hybridized carbons (Fsp3) is 0.222. The van der Waals surface area contributed by atoms with Crippen molar-refractivity contribution in [3.8, 4) is 5.75 Å². The minimum Gasteiger partial charge on any atom is -0.502 e. The van der Waals surface area contributed by atoms with Gasteiger partial charge in [0.2, 0.25) is 0 Å². The Morgan fingerprint density at radius 1 is 1.56 bits per heavy atom. The second-order valence-corrected chi connectivity index (χ2v) is 2.85. The number of aromatic hydroxyl groups is 1. The first kappa shape index (κ1) is 13.8. The van der Waals surface area contributed by atoms with E-state index in [-0.39, 0.29) is 18.0 Å². The molecule has 0 unspecified atom stereocenters. The van der Waals surface area contributed by atoms with E-state index in [0.717, 1.165) is 5.56 Å². The van der Waals surface area contributed by atoms with E-state index in [0.29, 0.717) is 0 Å². The molecule has 0 fully saturated rings. The van der Waals surface area contributed by atoms with Crippen LogP contribution in [0.4, 0.5) is 5.69 Å². The van der Waals surface area contributed by atoms with Gasteiger partial charge in [0.05, 0.1) is 11.5 Å². The number of aryl methyl sites for hydroxylation is 1. The molecule has 1 aromatic rings. The van der Waals surface area contributed by atoms with E-state index in [9.17, 15) is 14.9 Å². The summed E-state index contributed by atoms with van der Waals surface area (Å²) >= 11 is 0. The topological polar surface area (TPSA) is 127 Å². The molecule has 0 aliphatic heterocycles. The van der Waals surface area contributed by atoms with Gasteiger partial charge < -0.3 is 15.9 Å². The molecular weight excluding hydrogens is 216 g/mol. The van der Waals surface area contributed by atoms with Gasteiger partial charge in [-0.1, -0.05) is 6.07 Å². The zero-order chi connectivity index (χ0) is 12.7. The van der Waals surface area contributed by atoms with Gasteiger partial charge in [0, 0.05) is 6.07 Å². The third-order valence-electron chi connectivity index (χ3n) is 1.50. The zero-order valence-corrected chi connectivity index (χ0v) is 8.58. The first-order chi connectivity index (χ1) is 7.38. The minimum atomic E-state index is -0.968. The van der Waals surface area contributed by atoms with Crippen molar-refractivity contribution in [1.29, 1.82) is 0 Å². The number of nitro benzene ring substituents is 1. The van der Waals surface area contributed by atoms with Crippen molar-refractivity contribution < 1.29 is 19.9 Å². The monoisotopic (exact) mass is 228 g/mol. The SMILES string of the molecule is Cc1ccc(O)c([N+](=O)[O-])c1.NCC(=O)O. The molecular formula is C9H12N2O5. The van der Waals surface area contributed by atoms with E-state index >= 15 is 0 Å². The van der Waals surface area contributed by atoms with Crippen molar-refractivity contribution >= 4 is 11.7 Å². The van der Waals surface area contributed by atoms with E-state index < -0.39 is 10.9 Å². The number of hydrogen-bond donors (Lipinski definition) is 3. The van der Waals surface area contributed by atoms with Crippen LogP contribution in [0.2, 0.25) is 0 Å². The van der Waals surface area contributed by atoms with Gasteiger partial charge in [-0.15, -0.1) is 0 Å². The molecule has 0 atom stereocenters. The third kappa shape index (κ3) is 4.91. The average molecular weight is 228 g/mol. The maximum absolute atomic E-state index is 10.2. The molecule has 0 spiro atoms. The van der Waals surface area contributed by atoms with Crippen LogP contribution in [-0.4, -0.2) is 27.7 Å². The molecule has 0 aliphatic carbocycles. The molecule has 16 heavy (non-hydrogen) atoms. The number of nitro groups is 1. The second-order valence-electron chi connectivity index (χ2n) is 2.85. The molecule has 0 aromatic heterocycles.